The second-order valence-electron chi connectivity index (χ2n) is 4.85. The van der Waals surface area contributed by atoms with E-state index in [4.69, 9.17) is 0 Å². The lowest BCUT2D eigenvalue weighted by Crippen LogP contribution is -2.13. The molecule has 0 aliphatic rings. The van der Waals surface area contributed by atoms with E-state index < -0.39 is 23.6 Å². The molecule has 0 aliphatic carbocycles. The zero-order valence-electron chi connectivity index (χ0n) is 11.5. The van der Waals surface area contributed by atoms with E-state index in [0.717, 1.165) is 12.1 Å². The molecule has 0 spiro atoms. The normalized spacial score (nSPS) is 12.4. The third kappa shape index (κ3) is 2.08. The number of halogens is 5. The lowest BCUT2D eigenvalue weighted by atomic mass is 10.3. The average Bonchev–Trinajstić information content (AvgIpc) is 3.10. The van der Waals surface area contributed by atoms with Crippen molar-refractivity contribution in [2.24, 2.45) is 0 Å². The maximum absolute atomic E-state index is 13.4. The van der Waals surface area contributed by atoms with Crippen LogP contribution in [0.3, 0.4) is 0 Å². The van der Waals surface area contributed by atoms with Gasteiger partial charge in [-0.3, -0.25) is 4.57 Å². The Bertz CT molecular complexity index is 1080. The standard InChI is InChI=1S/C13H5F5N6/c14-6-3-8-9(4-7(6)15)23(5-19-8)11-2-1-10-20-21-12(13(16,17)18)24(10)22-11/h1-5H. The summed E-state index contributed by atoms with van der Waals surface area (Å²) in [6, 6.07) is 4.42. The number of nitrogens with zero attached hydrogens (tertiary/aromatic N) is 6. The summed E-state index contributed by atoms with van der Waals surface area (Å²) in [6.45, 7) is 0. The van der Waals surface area contributed by atoms with E-state index in [1.54, 1.807) is 0 Å². The molecule has 0 saturated heterocycles. The number of imidazole rings is 1. The Morgan fingerprint density at radius 3 is 2.46 bits per heavy atom. The second kappa shape index (κ2) is 4.69. The molecule has 0 amide bonds. The number of benzene rings is 1. The van der Waals surface area contributed by atoms with Gasteiger partial charge in [-0.1, -0.05) is 0 Å². The van der Waals surface area contributed by atoms with Gasteiger partial charge in [-0.2, -0.15) is 17.7 Å². The Balaban J connectivity index is 1.95. The van der Waals surface area contributed by atoms with Gasteiger partial charge >= 0.3 is 6.18 Å². The summed E-state index contributed by atoms with van der Waals surface area (Å²) in [5.41, 5.74) is 0.186. The highest BCUT2D eigenvalue weighted by Gasteiger charge is 2.37. The highest BCUT2D eigenvalue weighted by Crippen LogP contribution is 2.28. The zero-order valence-corrected chi connectivity index (χ0v) is 11.5. The number of rotatable bonds is 1. The summed E-state index contributed by atoms with van der Waals surface area (Å²) >= 11 is 0. The molecular weight excluding hydrogens is 335 g/mol. The minimum Gasteiger partial charge on any atom is -0.281 e. The van der Waals surface area contributed by atoms with Gasteiger partial charge in [-0.25, -0.2) is 13.8 Å². The molecule has 122 valence electrons. The van der Waals surface area contributed by atoms with Gasteiger partial charge in [0.15, 0.2) is 23.1 Å². The first kappa shape index (κ1) is 14.5. The predicted octanol–water partition coefficient (Wildman–Crippen LogP) is 2.76. The van der Waals surface area contributed by atoms with Crippen molar-refractivity contribution in [3.63, 3.8) is 0 Å². The number of hydrogen-bond acceptors (Lipinski definition) is 4. The molecule has 0 aliphatic heterocycles. The number of fused-ring (bicyclic) bond motifs is 2. The van der Waals surface area contributed by atoms with Crippen molar-refractivity contribution in [2.45, 2.75) is 6.18 Å². The van der Waals surface area contributed by atoms with E-state index in [-0.39, 0.29) is 22.5 Å². The summed E-state index contributed by atoms with van der Waals surface area (Å²) in [5.74, 6) is -3.46. The Morgan fingerprint density at radius 2 is 1.71 bits per heavy atom. The fourth-order valence-electron chi connectivity index (χ4n) is 2.27. The second-order valence-corrected chi connectivity index (χ2v) is 4.85. The Hall–Kier alpha value is -3.11. The van der Waals surface area contributed by atoms with Crippen LogP contribution >= 0.6 is 0 Å². The van der Waals surface area contributed by atoms with Gasteiger partial charge in [0, 0.05) is 12.1 Å². The molecule has 11 heteroatoms. The van der Waals surface area contributed by atoms with E-state index in [1.165, 1.54) is 23.0 Å². The van der Waals surface area contributed by atoms with Gasteiger partial charge in [-0.15, -0.1) is 15.3 Å². The van der Waals surface area contributed by atoms with Gasteiger partial charge < -0.3 is 0 Å². The van der Waals surface area contributed by atoms with Crippen molar-refractivity contribution in [1.82, 2.24) is 29.4 Å². The van der Waals surface area contributed by atoms with E-state index in [1.807, 2.05) is 0 Å². The fourth-order valence-corrected chi connectivity index (χ4v) is 2.27. The molecule has 0 fully saturated rings. The van der Waals surface area contributed by atoms with Crippen molar-refractivity contribution in [2.75, 3.05) is 0 Å². The van der Waals surface area contributed by atoms with Crippen LogP contribution in [0.15, 0.2) is 30.6 Å². The van der Waals surface area contributed by atoms with Crippen molar-refractivity contribution in [3.05, 3.63) is 48.1 Å². The molecule has 0 atom stereocenters. The smallest absolute Gasteiger partial charge is 0.281 e. The molecule has 0 unspecified atom stereocenters. The first-order valence-electron chi connectivity index (χ1n) is 6.47. The topological polar surface area (TPSA) is 60.9 Å². The lowest BCUT2D eigenvalue weighted by molar-refractivity contribution is -0.146. The van der Waals surface area contributed by atoms with Gasteiger partial charge in [-0.05, 0) is 12.1 Å². The minimum absolute atomic E-state index is 0.0151. The van der Waals surface area contributed by atoms with Crippen molar-refractivity contribution >= 4 is 16.7 Å². The summed E-state index contributed by atoms with van der Waals surface area (Å²) in [7, 11) is 0. The van der Waals surface area contributed by atoms with Crippen LogP contribution in [0, 0.1) is 11.6 Å². The molecule has 0 saturated carbocycles. The SMILES string of the molecule is Fc1cc2ncn(-c3ccc4nnc(C(F)(F)F)n4n3)c2cc1F. The molecule has 4 aromatic rings. The Morgan fingerprint density at radius 1 is 0.958 bits per heavy atom. The molecule has 1 aromatic carbocycles. The van der Waals surface area contributed by atoms with Crippen LogP contribution in [0.2, 0.25) is 0 Å². The van der Waals surface area contributed by atoms with Gasteiger partial charge in [0.25, 0.3) is 5.82 Å². The van der Waals surface area contributed by atoms with E-state index in [0.29, 0.717) is 4.52 Å². The molecule has 0 bridgehead atoms. The van der Waals surface area contributed by atoms with E-state index in [2.05, 4.69) is 20.3 Å². The van der Waals surface area contributed by atoms with E-state index in [9.17, 15) is 22.0 Å². The van der Waals surface area contributed by atoms with Gasteiger partial charge in [0.05, 0.1) is 11.0 Å². The number of alkyl halides is 3. The first-order valence-corrected chi connectivity index (χ1v) is 6.47. The van der Waals surface area contributed by atoms with Crippen LogP contribution in [-0.2, 0) is 6.18 Å². The molecule has 3 heterocycles. The predicted molar refractivity (Wildman–Crippen MR) is 70.3 cm³/mol. The molecule has 6 nitrogen and oxygen atoms in total. The fraction of sp³-hybridized carbons (Fsp3) is 0.0769. The maximum Gasteiger partial charge on any atom is 0.453 e. The zero-order chi connectivity index (χ0) is 17.1. The molecule has 4 rings (SSSR count). The molecule has 3 aromatic heterocycles. The van der Waals surface area contributed by atoms with Crippen LogP contribution in [-0.4, -0.2) is 29.4 Å². The summed E-state index contributed by atoms with van der Waals surface area (Å²) in [6.07, 6.45) is -3.54. The third-order valence-electron chi connectivity index (χ3n) is 3.34. The Labute approximate surface area is 129 Å². The van der Waals surface area contributed by atoms with Gasteiger partial charge in [0.1, 0.15) is 6.33 Å². The minimum atomic E-state index is -4.74. The summed E-state index contributed by atoms with van der Waals surface area (Å²) < 4.78 is 67.1. The lowest BCUT2D eigenvalue weighted by Gasteiger charge is -2.06. The summed E-state index contributed by atoms with van der Waals surface area (Å²) in [5, 5.41) is 10.3. The van der Waals surface area contributed by atoms with Crippen molar-refractivity contribution in [1.29, 1.82) is 0 Å². The monoisotopic (exact) mass is 340 g/mol. The number of aromatic nitrogens is 6. The first-order chi connectivity index (χ1) is 11.3. The van der Waals surface area contributed by atoms with Crippen molar-refractivity contribution < 1.29 is 22.0 Å². The Kier molecular flexibility index (Phi) is 2.83. The average molecular weight is 340 g/mol. The molecule has 24 heavy (non-hydrogen) atoms. The quantitative estimate of drug-likeness (QED) is 0.500. The molecular formula is C13H5F5N6. The number of hydrogen-bond donors (Lipinski definition) is 0. The van der Waals surface area contributed by atoms with Gasteiger partial charge in [0.2, 0.25) is 0 Å². The van der Waals surface area contributed by atoms with Crippen molar-refractivity contribution in [3.8, 4) is 5.82 Å². The molecule has 0 N–H and O–H groups in total. The summed E-state index contributed by atoms with van der Waals surface area (Å²) in [4.78, 5) is 3.89. The van der Waals surface area contributed by atoms with Crippen LogP contribution < -0.4 is 0 Å². The highest BCUT2D eigenvalue weighted by atomic mass is 19.4. The maximum atomic E-state index is 13.4. The van der Waals surface area contributed by atoms with Crippen LogP contribution in [0.5, 0.6) is 0 Å². The molecule has 0 radical (unpaired) electrons. The van der Waals surface area contributed by atoms with E-state index >= 15 is 0 Å². The third-order valence-corrected chi connectivity index (χ3v) is 3.34. The van der Waals surface area contributed by atoms with Crippen LogP contribution in [0.4, 0.5) is 22.0 Å². The highest BCUT2D eigenvalue weighted by molar-refractivity contribution is 5.77. The largest absolute Gasteiger partial charge is 0.453 e. The van der Waals surface area contributed by atoms with Crippen LogP contribution in [0.25, 0.3) is 22.5 Å². The van der Waals surface area contributed by atoms with Crippen LogP contribution in [0.1, 0.15) is 5.82 Å².